The first kappa shape index (κ1) is 20.2. The summed E-state index contributed by atoms with van der Waals surface area (Å²) < 4.78 is 37.8. The van der Waals surface area contributed by atoms with Crippen molar-refractivity contribution in [3.05, 3.63) is 35.4 Å². The SMILES string of the molecule is C[C@H](Cc1ccc(C(F)(F)F)cc1)C(=O)NCC[C@@]1(C2CC2)NC(=O)NC1=O. The molecule has 2 fully saturated rings. The number of nitrogens with one attached hydrogen (secondary N) is 3. The second-order valence-corrected chi connectivity index (χ2v) is 7.49. The summed E-state index contributed by atoms with van der Waals surface area (Å²) in [6.45, 7) is 1.91. The first-order chi connectivity index (χ1) is 13.1. The highest BCUT2D eigenvalue weighted by atomic mass is 19.4. The van der Waals surface area contributed by atoms with E-state index < -0.39 is 29.2 Å². The van der Waals surface area contributed by atoms with E-state index in [0.717, 1.165) is 25.0 Å². The van der Waals surface area contributed by atoms with Crippen molar-refractivity contribution in [2.24, 2.45) is 11.8 Å². The van der Waals surface area contributed by atoms with E-state index in [-0.39, 0.29) is 24.3 Å². The zero-order valence-corrected chi connectivity index (χ0v) is 15.4. The molecule has 1 aromatic carbocycles. The van der Waals surface area contributed by atoms with Crippen molar-refractivity contribution < 1.29 is 27.6 Å². The van der Waals surface area contributed by atoms with Gasteiger partial charge < -0.3 is 10.6 Å². The predicted octanol–water partition coefficient (Wildman–Crippen LogP) is 2.38. The van der Waals surface area contributed by atoms with Crippen LogP contribution in [-0.2, 0) is 22.2 Å². The van der Waals surface area contributed by atoms with Crippen LogP contribution in [0.3, 0.4) is 0 Å². The van der Waals surface area contributed by atoms with Gasteiger partial charge >= 0.3 is 12.2 Å². The molecule has 1 saturated carbocycles. The highest BCUT2D eigenvalue weighted by Gasteiger charge is 2.55. The normalized spacial score (nSPS) is 23.1. The van der Waals surface area contributed by atoms with Gasteiger partial charge in [0.1, 0.15) is 5.54 Å². The maximum Gasteiger partial charge on any atom is 0.416 e. The monoisotopic (exact) mass is 397 g/mol. The molecule has 1 saturated heterocycles. The summed E-state index contributed by atoms with van der Waals surface area (Å²) in [5.41, 5.74) is -1.05. The minimum atomic E-state index is -4.39. The average molecular weight is 397 g/mol. The van der Waals surface area contributed by atoms with Gasteiger partial charge in [0.2, 0.25) is 5.91 Å². The van der Waals surface area contributed by atoms with Crippen LogP contribution in [0.2, 0.25) is 0 Å². The Hall–Kier alpha value is -2.58. The zero-order valence-electron chi connectivity index (χ0n) is 15.4. The van der Waals surface area contributed by atoms with Gasteiger partial charge in [0.15, 0.2) is 0 Å². The lowest BCUT2D eigenvalue weighted by Crippen LogP contribution is -2.51. The van der Waals surface area contributed by atoms with Gasteiger partial charge in [0, 0.05) is 12.5 Å². The largest absolute Gasteiger partial charge is 0.416 e. The number of carbonyl (C=O) groups excluding carboxylic acids is 3. The molecule has 1 aliphatic carbocycles. The van der Waals surface area contributed by atoms with E-state index in [1.54, 1.807) is 6.92 Å². The Labute approximate surface area is 160 Å². The number of hydrogen-bond acceptors (Lipinski definition) is 3. The van der Waals surface area contributed by atoms with Crippen molar-refractivity contribution in [1.29, 1.82) is 0 Å². The molecule has 3 N–H and O–H groups in total. The number of urea groups is 1. The van der Waals surface area contributed by atoms with Crippen LogP contribution < -0.4 is 16.0 Å². The van der Waals surface area contributed by atoms with Crippen LogP contribution in [0, 0.1) is 11.8 Å². The molecule has 0 unspecified atom stereocenters. The van der Waals surface area contributed by atoms with Crippen molar-refractivity contribution in [3.8, 4) is 0 Å². The van der Waals surface area contributed by atoms with Crippen LogP contribution >= 0.6 is 0 Å². The molecule has 0 aromatic heterocycles. The minimum Gasteiger partial charge on any atom is -0.356 e. The van der Waals surface area contributed by atoms with Crippen LogP contribution in [0.4, 0.5) is 18.0 Å². The van der Waals surface area contributed by atoms with Gasteiger partial charge in [-0.1, -0.05) is 19.1 Å². The summed E-state index contributed by atoms with van der Waals surface area (Å²) in [5.74, 6) is -0.969. The van der Waals surface area contributed by atoms with Gasteiger partial charge in [0.25, 0.3) is 5.91 Å². The standard InChI is InChI=1S/C19H22F3N3O3/c1-11(10-12-2-4-14(5-3-12)19(20,21)22)15(26)23-9-8-18(13-6-7-13)16(27)24-17(28)25-18/h2-5,11,13H,6-10H2,1H3,(H,23,26)(H2,24,25,27,28)/t11-,18+/m1/s1. The molecule has 4 amide bonds. The molecule has 6 nitrogen and oxygen atoms in total. The van der Waals surface area contributed by atoms with Gasteiger partial charge in [-0.15, -0.1) is 0 Å². The van der Waals surface area contributed by atoms with Gasteiger partial charge in [-0.2, -0.15) is 13.2 Å². The first-order valence-corrected chi connectivity index (χ1v) is 9.19. The van der Waals surface area contributed by atoms with Crippen LogP contribution in [0.5, 0.6) is 0 Å². The van der Waals surface area contributed by atoms with Crippen LogP contribution in [0.1, 0.15) is 37.3 Å². The van der Waals surface area contributed by atoms with Gasteiger partial charge in [-0.3, -0.25) is 14.9 Å². The molecular formula is C19H22F3N3O3. The summed E-state index contributed by atoms with van der Waals surface area (Å²) in [4.78, 5) is 35.9. The summed E-state index contributed by atoms with van der Waals surface area (Å²) in [5, 5.41) is 7.71. The number of amides is 4. The van der Waals surface area contributed by atoms with E-state index in [4.69, 9.17) is 0 Å². The molecular weight excluding hydrogens is 375 g/mol. The lowest BCUT2D eigenvalue weighted by molar-refractivity contribution is -0.137. The Morgan fingerprint density at radius 3 is 2.39 bits per heavy atom. The summed E-state index contributed by atoms with van der Waals surface area (Å²) >= 11 is 0. The van der Waals surface area contributed by atoms with E-state index in [2.05, 4.69) is 16.0 Å². The lowest BCUT2D eigenvalue weighted by Gasteiger charge is -2.26. The molecule has 3 rings (SSSR count). The Balaban J connectivity index is 1.50. The zero-order chi connectivity index (χ0) is 20.5. The van der Waals surface area contributed by atoms with E-state index in [9.17, 15) is 27.6 Å². The number of rotatable bonds is 7. The third kappa shape index (κ3) is 4.28. The summed E-state index contributed by atoms with van der Waals surface area (Å²) in [6, 6.07) is 4.22. The number of imide groups is 1. The number of carbonyl (C=O) groups is 3. The Morgan fingerprint density at radius 1 is 1.25 bits per heavy atom. The van der Waals surface area contributed by atoms with Gasteiger partial charge in [-0.25, -0.2) is 4.79 Å². The summed E-state index contributed by atoms with van der Waals surface area (Å²) in [6.07, 6.45) is -2.08. The van der Waals surface area contributed by atoms with Crippen molar-refractivity contribution in [2.75, 3.05) is 6.54 Å². The van der Waals surface area contributed by atoms with E-state index in [1.165, 1.54) is 12.1 Å². The topological polar surface area (TPSA) is 87.3 Å². The number of hydrogen-bond donors (Lipinski definition) is 3. The number of alkyl halides is 3. The average Bonchev–Trinajstić information content (AvgIpc) is 3.41. The second-order valence-electron chi connectivity index (χ2n) is 7.49. The fraction of sp³-hybridized carbons (Fsp3) is 0.526. The first-order valence-electron chi connectivity index (χ1n) is 9.19. The molecule has 1 aliphatic heterocycles. The second kappa shape index (κ2) is 7.44. The van der Waals surface area contributed by atoms with E-state index >= 15 is 0 Å². The number of halogens is 3. The van der Waals surface area contributed by atoms with Crippen LogP contribution in [0.25, 0.3) is 0 Å². The fourth-order valence-electron chi connectivity index (χ4n) is 3.58. The maximum atomic E-state index is 12.6. The minimum absolute atomic E-state index is 0.0837. The maximum absolute atomic E-state index is 12.6. The molecule has 0 radical (unpaired) electrons. The quantitative estimate of drug-likeness (QED) is 0.618. The molecule has 0 bridgehead atoms. The molecule has 28 heavy (non-hydrogen) atoms. The fourth-order valence-corrected chi connectivity index (χ4v) is 3.58. The van der Waals surface area contributed by atoms with E-state index in [1.807, 2.05) is 0 Å². The van der Waals surface area contributed by atoms with Crippen LogP contribution in [0.15, 0.2) is 24.3 Å². The van der Waals surface area contributed by atoms with Crippen LogP contribution in [-0.4, -0.2) is 29.9 Å². The van der Waals surface area contributed by atoms with Crippen molar-refractivity contribution in [1.82, 2.24) is 16.0 Å². The number of benzene rings is 1. The van der Waals surface area contributed by atoms with Crippen molar-refractivity contribution >= 4 is 17.8 Å². The van der Waals surface area contributed by atoms with Crippen molar-refractivity contribution in [2.45, 2.75) is 44.3 Å². The molecule has 2 atom stereocenters. The Bertz CT molecular complexity index is 775. The molecule has 2 aliphatic rings. The lowest BCUT2D eigenvalue weighted by atomic mass is 9.89. The molecule has 152 valence electrons. The Morgan fingerprint density at radius 2 is 1.89 bits per heavy atom. The van der Waals surface area contributed by atoms with Gasteiger partial charge in [0.05, 0.1) is 5.56 Å². The highest BCUT2D eigenvalue weighted by Crippen LogP contribution is 2.43. The third-order valence-corrected chi connectivity index (χ3v) is 5.33. The molecule has 1 heterocycles. The van der Waals surface area contributed by atoms with E-state index in [0.29, 0.717) is 18.4 Å². The Kier molecular flexibility index (Phi) is 5.36. The predicted molar refractivity (Wildman–Crippen MR) is 94.1 cm³/mol. The highest BCUT2D eigenvalue weighted by molar-refractivity contribution is 6.07. The molecule has 0 spiro atoms. The molecule has 1 aromatic rings. The molecule has 9 heteroatoms. The third-order valence-electron chi connectivity index (χ3n) is 5.33. The summed E-state index contributed by atoms with van der Waals surface area (Å²) in [7, 11) is 0. The van der Waals surface area contributed by atoms with Gasteiger partial charge in [-0.05, 0) is 49.3 Å². The van der Waals surface area contributed by atoms with Crippen molar-refractivity contribution in [3.63, 3.8) is 0 Å². The smallest absolute Gasteiger partial charge is 0.356 e.